The van der Waals surface area contributed by atoms with Crippen molar-refractivity contribution in [2.45, 2.75) is 12.9 Å². The van der Waals surface area contributed by atoms with E-state index < -0.39 is 6.36 Å². The highest BCUT2D eigenvalue weighted by Crippen LogP contribution is 2.24. The highest BCUT2D eigenvalue weighted by Gasteiger charge is 2.31. The molecule has 2 aromatic carbocycles. The van der Waals surface area contributed by atoms with Crippen molar-refractivity contribution in [3.8, 4) is 16.9 Å². The second-order valence-corrected chi connectivity index (χ2v) is 5.99. The third kappa shape index (κ3) is 4.20. The molecule has 2 N–H and O–H groups in total. The SMILES string of the molecule is FC(F)(F)Oc1cccc(CNc2cnc3cc(-c4cn[nH]c4)ccc3n2)c1. The highest BCUT2D eigenvalue weighted by atomic mass is 19.4. The van der Waals surface area contributed by atoms with Gasteiger partial charge in [0.15, 0.2) is 0 Å². The van der Waals surface area contributed by atoms with Crippen molar-refractivity contribution in [1.82, 2.24) is 20.2 Å². The van der Waals surface area contributed by atoms with Crippen LogP contribution in [0.2, 0.25) is 0 Å². The standard InChI is InChI=1S/C19H14F3N5O/c20-19(21,22)28-15-3-1-2-12(6-15)8-24-18-11-23-17-7-13(4-5-16(17)27-18)14-9-25-26-10-14/h1-7,9-11H,8H2,(H,24,27)(H,25,26). The van der Waals surface area contributed by atoms with E-state index in [1.807, 2.05) is 18.2 Å². The van der Waals surface area contributed by atoms with E-state index >= 15 is 0 Å². The molecule has 0 aliphatic carbocycles. The number of benzene rings is 2. The zero-order valence-electron chi connectivity index (χ0n) is 14.4. The summed E-state index contributed by atoms with van der Waals surface area (Å²) in [6.07, 6.45) is 0.380. The fourth-order valence-electron chi connectivity index (χ4n) is 2.73. The number of H-pyrrole nitrogens is 1. The van der Waals surface area contributed by atoms with Crippen molar-refractivity contribution >= 4 is 16.9 Å². The Morgan fingerprint density at radius 3 is 2.68 bits per heavy atom. The lowest BCUT2D eigenvalue weighted by Crippen LogP contribution is -2.17. The molecule has 2 aromatic heterocycles. The van der Waals surface area contributed by atoms with Gasteiger partial charge in [0.1, 0.15) is 11.6 Å². The highest BCUT2D eigenvalue weighted by molar-refractivity contribution is 5.81. The van der Waals surface area contributed by atoms with Gasteiger partial charge in [0, 0.05) is 18.3 Å². The normalized spacial score (nSPS) is 11.5. The van der Waals surface area contributed by atoms with Gasteiger partial charge >= 0.3 is 6.36 Å². The first kappa shape index (κ1) is 17.8. The molecule has 0 bridgehead atoms. The number of ether oxygens (including phenoxy) is 1. The molecule has 142 valence electrons. The first-order chi connectivity index (χ1) is 13.5. The number of anilines is 1. The summed E-state index contributed by atoms with van der Waals surface area (Å²) < 4.78 is 40.9. The quantitative estimate of drug-likeness (QED) is 0.528. The van der Waals surface area contributed by atoms with Crippen LogP contribution < -0.4 is 10.1 Å². The van der Waals surface area contributed by atoms with Crippen LogP contribution in [0.5, 0.6) is 5.75 Å². The summed E-state index contributed by atoms with van der Waals surface area (Å²) in [4.78, 5) is 8.89. The Balaban J connectivity index is 1.48. The van der Waals surface area contributed by atoms with E-state index in [0.29, 0.717) is 16.9 Å². The Labute approximate surface area is 157 Å². The molecule has 0 fully saturated rings. The molecule has 0 amide bonds. The Morgan fingerprint density at radius 2 is 1.89 bits per heavy atom. The molecule has 0 spiro atoms. The summed E-state index contributed by atoms with van der Waals surface area (Å²) in [6, 6.07) is 11.5. The van der Waals surface area contributed by atoms with Crippen molar-refractivity contribution in [2.75, 3.05) is 5.32 Å². The number of nitrogens with zero attached hydrogens (tertiary/aromatic N) is 3. The largest absolute Gasteiger partial charge is 0.573 e. The molecule has 0 aliphatic heterocycles. The van der Waals surface area contributed by atoms with Crippen molar-refractivity contribution in [2.24, 2.45) is 0 Å². The van der Waals surface area contributed by atoms with Crippen LogP contribution in [-0.2, 0) is 6.54 Å². The lowest BCUT2D eigenvalue weighted by atomic mass is 10.1. The first-order valence-corrected chi connectivity index (χ1v) is 8.31. The number of rotatable bonds is 5. The third-order valence-electron chi connectivity index (χ3n) is 3.98. The van der Waals surface area contributed by atoms with Crippen LogP contribution in [0, 0.1) is 0 Å². The zero-order valence-corrected chi connectivity index (χ0v) is 14.4. The number of alkyl halides is 3. The van der Waals surface area contributed by atoms with Gasteiger partial charge in [-0.05, 0) is 35.4 Å². The number of hydrogen-bond donors (Lipinski definition) is 2. The summed E-state index contributed by atoms with van der Waals surface area (Å²) in [5.41, 5.74) is 3.97. The molecule has 0 saturated heterocycles. The minimum atomic E-state index is -4.72. The van der Waals surface area contributed by atoms with Gasteiger partial charge in [0.05, 0.1) is 23.4 Å². The fraction of sp³-hybridized carbons (Fsp3) is 0.105. The van der Waals surface area contributed by atoms with Gasteiger partial charge < -0.3 is 10.1 Å². The smallest absolute Gasteiger partial charge is 0.406 e. The number of fused-ring (bicyclic) bond motifs is 1. The lowest BCUT2D eigenvalue weighted by Gasteiger charge is -2.11. The summed E-state index contributed by atoms with van der Waals surface area (Å²) >= 11 is 0. The summed E-state index contributed by atoms with van der Waals surface area (Å²) in [5, 5.41) is 9.76. The van der Waals surface area contributed by atoms with Gasteiger partial charge in [-0.25, -0.2) is 4.98 Å². The Morgan fingerprint density at radius 1 is 1.00 bits per heavy atom. The zero-order chi connectivity index (χ0) is 19.6. The predicted molar refractivity (Wildman–Crippen MR) is 97.6 cm³/mol. The minimum Gasteiger partial charge on any atom is -0.406 e. The molecule has 4 aromatic rings. The van der Waals surface area contributed by atoms with Gasteiger partial charge in [-0.2, -0.15) is 5.10 Å². The van der Waals surface area contributed by atoms with E-state index in [9.17, 15) is 13.2 Å². The fourth-order valence-corrected chi connectivity index (χ4v) is 2.73. The van der Waals surface area contributed by atoms with Crippen LogP contribution in [0.25, 0.3) is 22.2 Å². The van der Waals surface area contributed by atoms with E-state index in [2.05, 4.69) is 30.2 Å². The van der Waals surface area contributed by atoms with Crippen LogP contribution in [0.4, 0.5) is 19.0 Å². The van der Waals surface area contributed by atoms with Crippen LogP contribution in [0.15, 0.2) is 61.1 Å². The van der Waals surface area contributed by atoms with Crippen LogP contribution >= 0.6 is 0 Å². The van der Waals surface area contributed by atoms with Crippen molar-refractivity contribution in [1.29, 1.82) is 0 Å². The van der Waals surface area contributed by atoms with E-state index in [-0.39, 0.29) is 12.3 Å². The van der Waals surface area contributed by atoms with Gasteiger partial charge in [-0.1, -0.05) is 18.2 Å². The molecule has 0 saturated carbocycles. The maximum Gasteiger partial charge on any atom is 0.573 e. The second kappa shape index (κ2) is 7.18. The Hall–Kier alpha value is -3.62. The van der Waals surface area contributed by atoms with E-state index in [1.54, 1.807) is 24.7 Å². The summed E-state index contributed by atoms with van der Waals surface area (Å²) in [6.45, 7) is 0.280. The maximum absolute atomic E-state index is 12.3. The molecule has 9 heteroatoms. The van der Waals surface area contributed by atoms with Gasteiger partial charge in [-0.15, -0.1) is 13.2 Å². The Kier molecular flexibility index (Phi) is 4.56. The monoisotopic (exact) mass is 385 g/mol. The molecule has 4 rings (SSSR count). The van der Waals surface area contributed by atoms with E-state index in [1.165, 1.54) is 18.2 Å². The van der Waals surface area contributed by atoms with Crippen LogP contribution in [-0.4, -0.2) is 26.5 Å². The number of hydrogen-bond acceptors (Lipinski definition) is 5. The van der Waals surface area contributed by atoms with E-state index in [0.717, 1.165) is 16.6 Å². The first-order valence-electron chi connectivity index (χ1n) is 8.31. The van der Waals surface area contributed by atoms with Gasteiger partial charge in [0.25, 0.3) is 0 Å². The number of halogens is 3. The Bertz CT molecular complexity index is 1100. The number of aromatic nitrogens is 4. The molecule has 0 unspecified atom stereocenters. The summed E-state index contributed by atoms with van der Waals surface area (Å²) in [5.74, 6) is 0.258. The van der Waals surface area contributed by atoms with Crippen molar-refractivity contribution < 1.29 is 17.9 Å². The average molecular weight is 385 g/mol. The molecule has 0 atom stereocenters. The second-order valence-electron chi connectivity index (χ2n) is 5.99. The topological polar surface area (TPSA) is 75.7 Å². The molecule has 0 aliphatic rings. The van der Waals surface area contributed by atoms with Crippen LogP contribution in [0.1, 0.15) is 5.56 Å². The molecular formula is C19H14F3N5O. The maximum atomic E-state index is 12.3. The van der Waals surface area contributed by atoms with Crippen molar-refractivity contribution in [3.05, 3.63) is 66.6 Å². The van der Waals surface area contributed by atoms with Crippen LogP contribution in [0.3, 0.4) is 0 Å². The minimum absolute atomic E-state index is 0.261. The molecule has 6 nitrogen and oxygen atoms in total. The molecule has 2 heterocycles. The molecule has 28 heavy (non-hydrogen) atoms. The lowest BCUT2D eigenvalue weighted by molar-refractivity contribution is -0.274. The molecular weight excluding hydrogens is 371 g/mol. The van der Waals surface area contributed by atoms with E-state index in [4.69, 9.17) is 0 Å². The summed E-state index contributed by atoms with van der Waals surface area (Å²) in [7, 11) is 0. The molecule has 0 radical (unpaired) electrons. The predicted octanol–water partition coefficient (Wildman–Crippen LogP) is 4.53. The third-order valence-corrected chi connectivity index (χ3v) is 3.98. The number of nitrogens with one attached hydrogen (secondary N) is 2. The average Bonchev–Trinajstić information content (AvgIpc) is 3.19. The van der Waals surface area contributed by atoms with Gasteiger partial charge in [0.2, 0.25) is 0 Å². The van der Waals surface area contributed by atoms with Gasteiger partial charge in [-0.3, -0.25) is 10.1 Å². The van der Waals surface area contributed by atoms with Crippen molar-refractivity contribution in [3.63, 3.8) is 0 Å². The number of aromatic amines is 1.